The minimum atomic E-state index is -0.404. The molecule has 1 aliphatic heterocycles. The first-order valence-corrected chi connectivity index (χ1v) is 6.40. The van der Waals surface area contributed by atoms with Gasteiger partial charge in [0.15, 0.2) is 0 Å². The van der Waals surface area contributed by atoms with Crippen molar-refractivity contribution in [2.45, 2.75) is 32.1 Å². The SMILES string of the molecule is O=C1CC2(CCCC2)C(=O)N1Nc1ccccc1. The molecule has 3 rings (SSSR count). The fourth-order valence-electron chi connectivity index (χ4n) is 2.99. The van der Waals surface area contributed by atoms with Crippen LogP contribution in [0, 0.1) is 5.41 Å². The number of nitrogens with zero attached hydrogens (tertiary/aromatic N) is 1. The second kappa shape index (κ2) is 4.12. The Morgan fingerprint density at radius 3 is 2.39 bits per heavy atom. The molecule has 0 bridgehead atoms. The average molecular weight is 244 g/mol. The number of benzene rings is 1. The summed E-state index contributed by atoms with van der Waals surface area (Å²) in [5.41, 5.74) is 3.29. The molecule has 2 aliphatic rings. The summed E-state index contributed by atoms with van der Waals surface area (Å²) in [6, 6.07) is 9.34. The quantitative estimate of drug-likeness (QED) is 0.812. The smallest absolute Gasteiger partial charge is 0.254 e. The van der Waals surface area contributed by atoms with Crippen LogP contribution < -0.4 is 5.43 Å². The molecule has 1 N–H and O–H groups in total. The molecule has 94 valence electrons. The van der Waals surface area contributed by atoms with E-state index in [4.69, 9.17) is 0 Å². The zero-order chi connectivity index (χ0) is 12.6. The van der Waals surface area contributed by atoms with Crippen molar-refractivity contribution in [1.29, 1.82) is 0 Å². The number of hydrazine groups is 1. The lowest BCUT2D eigenvalue weighted by molar-refractivity contribution is -0.139. The maximum absolute atomic E-state index is 12.4. The molecule has 18 heavy (non-hydrogen) atoms. The largest absolute Gasteiger partial charge is 0.289 e. The Hall–Kier alpha value is -1.84. The molecule has 1 aromatic carbocycles. The van der Waals surface area contributed by atoms with Crippen molar-refractivity contribution in [2.24, 2.45) is 5.41 Å². The minimum Gasteiger partial charge on any atom is -0.289 e. The highest BCUT2D eigenvalue weighted by molar-refractivity contribution is 6.06. The van der Waals surface area contributed by atoms with E-state index in [1.165, 1.54) is 5.01 Å². The van der Waals surface area contributed by atoms with Crippen LogP contribution in [0.15, 0.2) is 30.3 Å². The molecule has 2 fully saturated rings. The monoisotopic (exact) mass is 244 g/mol. The van der Waals surface area contributed by atoms with Gasteiger partial charge in [-0.05, 0) is 25.0 Å². The predicted octanol–water partition coefficient (Wildman–Crippen LogP) is 2.33. The standard InChI is InChI=1S/C14H16N2O2/c17-12-10-14(8-4-5-9-14)13(18)16(12)15-11-6-2-1-3-7-11/h1-3,6-7,15H,4-5,8-10H2. The molecular weight excluding hydrogens is 228 g/mol. The van der Waals surface area contributed by atoms with Gasteiger partial charge in [0, 0.05) is 6.42 Å². The van der Waals surface area contributed by atoms with E-state index in [0.717, 1.165) is 31.4 Å². The van der Waals surface area contributed by atoms with Gasteiger partial charge in [-0.2, -0.15) is 5.01 Å². The molecule has 1 aliphatic carbocycles. The van der Waals surface area contributed by atoms with Gasteiger partial charge in [-0.15, -0.1) is 0 Å². The van der Waals surface area contributed by atoms with Crippen LogP contribution in [-0.2, 0) is 9.59 Å². The highest BCUT2D eigenvalue weighted by atomic mass is 16.2. The Morgan fingerprint density at radius 1 is 1.06 bits per heavy atom. The summed E-state index contributed by atoms with van der Waals surface area (Å²) in [4.78, 5) is 24.4. The number of hydrogen-bond acceptors (Lipinski definition) is 3. The van der Waals surface area contributed by atoms with Crippen molar-refractivity contribution >= 4 is 17.5 Å². The molecule has 4 heteroatoms. The van der Waals surface area contributed by atoms with E-state index in [1.807, 2.05) is 30.3 Å². The average Bonchev–Trinajstić information content (AvgIpc) is 2.93. The van der Waals surface area contributed by atoms with Crippen molar-refractivity contribution in [3.8, 4) is 0 Å². The third-order valence-electron chi connectivity index (χ3n) is 3.97. The fraction of sp³-hybridized carbons (Fsp3) is 0.429. The Bertz CT molecular complexity index is 478. The molecule has 0 aromatic heterocycles. The summed E-state index contributed by atoms with van der Waals surface area (Å²) >= 11 is 0. The van der Waals surface area contributed by atoms with Gasteiger partial charge in [0.1, 0.15) is 0 Å². The van der Waals surface area contributed by atoms with Crippen LogP contribution in [0.5, 0.6) is 0 Å². The van der Waals surface area contributed by atoms with E-state index < -0.39 is 5.41 Å². The van der Waals surface area contributed by atoms with E-state index >= 15 is 0 Å². The van der Waals surface area contributed by atoms with Crippen molar-refractivity contribution in [2.75, 3.05) is 5.43 Å². The predicted molar refractivity (Wildman–Crippen MR) is 67.4 cm³/mol. The molecular formula is C14H16N2O2. The number of para-hydroxylation sites is 1. The summed E-state index contributed by atoms with van der Waals surface area (Å²) < 4.78 is 0. The van der Waals surface area contributed by atoms with Crippen molar-refractivity contribution in [3.63, 3.8) is 0 Å². The lowest BCUT2D eigenvalue weighted by Crippen LogP contribution is -2.38. The first-order chi connectivity index (χ1) is 8.71. The molecule has 1 spiro atoms. The van der Waals surface area contributed by atoms with Crippen LogP contribution in [0.3, 0.4) is 0 Å². The maximum Gasteiger partial charge on any atom is 0.254 e. The Balaban J connectivity index is 1.81. The Kier molecular flexibility index (Phi) is 2.58. The molecule has 1 aromatic rings. The summed E-state index contributed by atoms with van der Waals surface area (Å²) in [6.45, 7) is 0. The number of imide groups is 1. The van der Waals surface area contributed by atoms with Gasteiger partial charge in [0.25, 0.3) is 5.91 Å². The molecule has 1 saturated carbocycles. The van der Waals surface area contributed by atoms with Crippen LogP contribution in [0.4, 0.5) is 5.69 Å². The molecule has 0 unspecified atom stereocenters. The lowest BCUT2D eigenvalue weighted by Gasteiger charge is -2.21. The molecule has 0 radical (unpaired) electrons. The number of nitrogens with one attached hydrogen (secondary N) is 1. The van der Waals surface area contributed by atoms with Crippen LogP contribution in [0.25, 0.3) is 0 Å². The van der Waals surface area contributed by atoms with Gasteiger partial charge in [0.2, 0.25) is 5.91 Å². The van der Waals surface area contributed by atoms with Gasteiger partial charge < -0.3 is 0 Å². The Labute approximate surface area is 106 Å². The van der Waals surface area contributed by atoms with Crippen molar-refractivity contribution < 1.29 is 9.59 Å². The summed E-state index contributed by atoms with van der Waals surface area (Å²) in [6.07, 6.45) is 4.18. The van der Waals surface area contributed by atoms with Gasteiger partial charge in [-0.25, -0.2) is 0 Å². The van der Waals surface area contributed by atoms with Crippen molar-refractivity contribution in [3.05, 3.63) is 30.3 Å². The second-order valence-electron chi connectivity index (χ2n) is 5.18. The Morgan fingerprint density at radius 2 is 1.72 bits per heavy atom. The molecule has 2 amide bonds. The zero-order valence-corrected chi connectivity index (χ0v) is 10.2. The van der Waals surface area contributed by atoms with E-state index in [2.05, 4.69) is 5.43 Å². The first kappa shape index (κ1) is 11.3. The van der Waals surface area contributed by atoms with Crippen LogP contribution in [0.2, 0.25) is 0 Å². The van der Waals surface area contributed by atoms with Gasteiger partial charge in [-0.3, -0.25) is 15.0 Å². The van der Waals surface area contributed by atoms with E-state index in [1.54, 1.807) is 0 Å². The third kappa shape index (κ3) is 1.68. The number of amides is 2. The topological polar surface area (TPSA) is 49.4 Å². The summed E-state index contributed by atoms with van der Waals surface area (Å²) in [5.74, 6) is -0.153. The second-order valence-corrected chi connectivity index (χ2v) is 5.18. The molecule has 4 nitrogen and oxygen atoms in total. The number of hydrogen-bond donors (Lipinski definition) is 1. The van der Waals surface area contributed by atoms with Crippen LogP contribution in [0.1, 0.15) is 32.1 Å². The highest BCUT2D eigenvalue weighted by Crippen LogP contribution is 2.46. The number of carbonyl (C=O) groups is 2. The fourth-order valence-corrected chi connectivity index (χ4v) is 2.99. The minimum absolute atomic E-state index is 0.0474. The molecule has 1 heterocycles. The highest BCUT2D eigenvalue weighted by Gasteiger charge is 2.52. The van der Waals surface area contributed by atoms with E-state index in [-0.39, 0.29) is 11.8 Å². The third-order valence-corrected chi connectivity index (χ3v) is 3.97. The van der Waals surface area contributed by atoms with Crippen LogP contribution in [-0.4, -0.2) is 16.8 Å². The molecule has 1 saturated heterocycles. The number of carbonyl (C=O) groups excluding carboxylic acids is 2. The lowest BCUT2D eigenvalue weighted by atomic mass is 9.85. The van der Waals surface area contributed by atoms with Gasteiger partial charge in [0.05, 0.1) is 11.1 Å². The van der Waals surface area contributed by atoms with E-state index in [0.29, 0.717) is 6.42 Å². The number of anilines is 1. The van der Waals surface area contributed by atoms with Gasteiger partial charge >= 0.3 is 0 Å². The van der Waals surface area contributed by atoms with Crippen molar-refractivity contribution in [1.82, 2.24) is 5.01 Å². The maximum atomic E-state index is 12.4. The first-order valence-electron chi connectivity index (χ1n) is 6.40. The normalized spacial score (nSPS) is 21.9. The summed E-state index contributed by atoms with van der Waals surface area (Å²) in [5, 5.41) is 1.21. The van der Waals surface area contributed by atoms with Gasteiger partial charge in [-0.1, -0.05) is 31.0 Å². The van der Waals surface area contributed by atoms with E-state index in [9.17, 15) is 9.59 Å². The van der Waals surface area contributed by atoms with Crippen LogP contribution >= 0.6 is 0 Å². The number of rotatable bonds is 2. The zero-order valence-electron chi connectivity index (χ0n) is 10.2. The molecule has 0 atom stereocenters. The summed E-state index contributed by atoms with van der Waals surface area (Å²) in [7, 11) is 0.